The van der Waals surface area contributed by atoms with Crippen molar-refractivity contribution in [3.05, 3.63) is 71.3 Å². The van der Waals surface area contributed by atoms with E-state index in [1.165, 1.54) is 6.07 Å². The second-order valence-corrected chi connectivity index (χ2v) is 7.15. The maximum Gasteiger partial charge on any atom is 0.144 e. The molecule has 3 heterocycles. The van der Waals surface area contributed by atoms with Gasteiger partial charge in [0.2, 0.25) is 0 Å². The highest BCUT2D eigenvalue weighted by Gasteiger charge is 2.25. The average molecular weight is 392 g/mol. The second-order valence-electron chi connectivity index (χ2n) is 6.74. The van der Waals surface area contributed by atoms with Crippen molar-refractivity contribution in [2.75, 3.05) is 11.4 Å². The summed E-state index contributed by atoms with van der Waals surface area (Å²) in [5, 5.41) is 1.02. The van der Waals surface area contributed by atoms with Crippen LogP contribution in [0.5, 0.6) is 0 Å². The van der Waals surface area contributed by atoms with Crippen LogP contribution >= 0.6 is 11.6 Å². The van der Waals surface area contributed by atoms with E-state index in [1.54, 1.807) is 24.8 Å². The fraction of sp³-hybridized carbons (Fsp3) is 0.143. The molecule has 0 bridgehead atoms. The van der Waals surface area contributed by atoms with Crippen molar-refractivity contribution in [3.8, 4) is 11.1 Å². The molecule has 0 fully saturated rings. The number of aryl methyl sites for hydroxylation is 1. The summed E-state index contributed by atoms with van der Waals surface area (Å²) in [6.45, 7) is 2.56. The summed E-state index contributed by atoms with van der Waals surface area (Å²) < 4.78 is 13.8. The average Bonchev–Trinajstić information content (AvgIpc) is 3.10. The first-order valence-corrected chi connectivity index (χ1v) is 9.27. The molecule has 2 aromatic heterocycles. The minimum Gasteiger partial charge on any atom is -0.325 e. The molecule has 4 aromatic rings. The molecule has 0 saturated carbocycles. The van der Waals surface area contributed by atoms with Crippen LogP contribution in [0.4, 0.5) is 15.9 Å². The van der Waals surface area contributed by atoms with Gasteiger partial charge in [0.25, 0.3) is 0 Å². The smallest absolute Gasteiger partial charge is 0.144 e. The molecule has 0 spiro atoms. The number of aromatic nitrogens is 4. The van der Waals surface area contributed by atoms with E-state index in [0.29, 0.717) is 6.54 Å². The minimum atomic E-state index is -0.392. The molecule has 0 radical (unpaired) electrons. The van der Waals surface area contributed by atoms with Gasteiger partial charge in [-0.15, -0.1) is 0 Å². The first kappa shape index (κ1) is 17.0. The molecule has 2 aromatic carbocycles. The summed E-state index contributed by atoms with van der Waals surface area (Å²) in [7, 11) is 0. The summed E-state index contributed by atoms with van der Waals surface area (Å²) >= 11 is 6.03. The zero-order valence-electron chi connectivity index (χ0n) is 15.0. The molecule has 28 heavy (non-hydrogen) atoms. The van der Waals surface area contributed by atoms with Crippen LogP contribution < -0.4 is 4.90 Å². The molecular weight excluding hydrogens is 377 g/mol. The van der Waals surface area contributed by atoms with Gasteiger partial charge in [-0.2, -0.15) is 0 Å². The molecule has 0 N–H and O–H groups in total. The summed E-state index contributed by atoms with van der Waals surface area (Å²) in [5.41, 5.74) is 4.56. The molecule has 5 nitrogen and oxygen atoms in total. The minimum absolute atomic E-state index is 0.113. The van der Waals surface area contributed by atoms with Gasteiger partial charge in [-0.1, -0.05) is 17.7 Å². The van der Waals surface area contributed by atoms with E-state index >= 15 is 0 Å². The monoisotopic (exact) mass is 391 g/mol. The van der Waals surface area contributed by atoms with Crippen molar-refractivity contribution in [2.24, 2.45) is 0 Å². The van der Waals surface area contributed by atoms with Crippen molar-refractivity contribution in [3.63, 3.8) is 0 Å². The SMILES string of the molecule is Cc1ncc(-c2ccc3ncnc(N4CCc5cc(F)c(Cl)cc54)c3c2)cn1. The highest BCUT2D eigenvalue weighted by atomic mass is 35.5. The number of fused-ring (bicyclic) bond motifs is 2. The lowest BCUT2D eigenvalue weighted by Crippen LogP contribution is -2.15. The number of hydrogen-bond donors (Lipinski definition) is 0. The highest BCUT2D eigenvalue weighted by Crippen LogP contribution is 2.39. The van der Waals surface area contributed by atoms with Gasteiger partial charge in [0, 0.05) is 35.6 Å². The third-order valence-corrected chi connectivity index (χ3v) is 5.29. The van der Waals surface area contributed by atoms with E-state index < -0.39 is 5.82 Å². The third-order valence-electron chi connectivity index (χ3n) is 5.00. The van der Waals surface area contributed by atoms with Crippen LogP contribution in [0.1, 0.15) is 11.4 Å². The molecule has 1 aliphatic heterocycles. The van der Waals surface area contributed by atoms with E-state index in [1.807, 2.05) is 25.1 Å². The maximum atomic E-state index is 13.8. The van der Waals surface area contributed by atoms with Crippen molar-refractivity contribution in [2.45, 2.75) is 13.3 Å². The van der Waals surface area contributed by atoms with E-state index in [2.05, 4.69) is 24.8 Å². The van der Waals surface area contributed by atoms with Crippen LogP contribution in [0, 0.1) is 12.7 Å². The van der Waals surface area contributed by atoms with Gasteiger partial charge in [0.05, 0.1) is 10.5 Å². The Kier molecular flexibility index (Phi) is 3.94. The first-order chi connectivity index (χ1) is 13.6. The van der Waals surface area contributed by atoms with Crippen molar-refractivity contribution < 1.29 is 4.39 Å². The van der Waals surface area contributed by atoms with Gasteiger partial charge in [-0.3, -0.25) is 0 Å². The van der Waals surface area contributed by atoms with Gasteiger partial charge < -0.3 is 4.90 Å². The summed E-state index contributed by atoms with van der Waals surface area (Å²) in [5.74, 6) is 1.11. The van der Waals surface area contributed by atoms with Crippen molar-refractivity contribution in [1.82, 2.24) is 19.9 Å². The lowest BCUT2D eigenvalue weighted by Gasteiger charge is -2.20. The first-order valence-electron chi connectivity index (χ1n) is 8.89. The Hall–Kier alpha value is -3.12. The fourth-order valence-electron chi connectivity index (χ4n) is 3.58. The predicted octanol–water partition coefficient (Wildman–Crippen LogP) is 4.88. The number of benzene rings is 2. The molecule has 1 aliphatic rings. The van der Waals surface area contributed by atoms with E-state index in [9.17, 15) is 4.39 Å². The van der Waals surface area contributed by atoms with Crippen molar-refractivity contribution in [1.29, 1.82) is 0 Å². The van der Waals surface area contributed by atoms with E-state index in [-0.39, 0.29) is 5.02 Å². The Labute approximate surface area is 165 Å². The summed E-state index contributed by atoms with van der Waals surface area (Å²) in [6.07, 6.45) is 5.90. The van der Waals surface area contributed by atoms with Crippen LogP contribution in [0.15, 0.2) is 49.1 Å². The predicted molar refractivity (Wildman–Crippen MR) is 107 cm³/mol. The molecule has 0 aliphatic carbocycles. The van der Waals surface area contributed by atoms with Gasteiger partial charge in [-0.25, -0.2) is 24.3 Å². The van der Waals surface area contributed by atoms with Crippen LogP contribution in [0.25, 0.3) is 22.0 Å². The van der Waals surface area contributed by atoms with E-state index in [4.69, 9.17) is 11.6 Å². The molecule has 0 atom stereocenters. The number of nitrogens with zero attached hydrogens (tertiary/aromatic N) is 5. The largest absolute Gasteiger partial charge is 0.325 e. The molecule has 0 unspecified atom stereocenters. The van der Waals surface area contributed by atoms with Gasteiger partial charge in [0.1, 0.15) is 23.8 Å². The Morgan fingerprint density at radius 2 is 1.82 bits per heavy atom. The maximum absolute atomic E-state index is 13.8. The van der Waals surface area contributed by atoms with Crippen LogP contribution in [0.3, 0.4) is 0 Å². The molecule has 138 valence electrons. The third kappa shape index (κ3) is 2.77. The molecule has 0 amide bonds. The van der Waals surface area contributed by atoms with Crippen molar-refractivity contribution >= 4 is 34.0 Å². The Morgan fingerprint density at radius 3 is 2.64 bits per heavy atom. The fourth-order valence-corrected chi connectivity index (χ4v) is 3.74. The molecule has 5 rings (SSSR count). The second kappa shape index (κ2) is 6.49. The van der Waals surface area contributed by atoms with Gasteiger partial charge in [0.15, 0.2) is 0 Å². The number of anilines is 2. The zero-order chi connectivity index (χ0) is 19.3. The van der Waals surface area contributed by atoms with Crippen LogP contribution in [-0.2, 0) is 6.42 Å². The zero-order valence-corrected chi connectivity index (χ0v) is 15.8. The topological polar surface area (TPSA) is 54.8 Å². The number of rotatable bonds is 2. The Balaban J connectivity index is 1.66. The Bertz CT molecular complexity index is 1210. The van der Waals surface area contributed by atoms with Crippen LogP contribution in [-0.4, -0.2) is 26.5 Å². The van der Waals surface area contributed by atoms with E-state index in [0.717, 1.165) is 51.3 Å². The van der Waals surface area contributed by atoms with Crippen LogP contribution in [0.2, 0.25) is 5.02 Å². The number of hydrogen-bond acceptors (Lipinski definition) is 5. The standard InChI is InChI=1S/C21H15ClFN5/c1-12-24-9-15(10-25-12)13-2-3-19-16(6-13)21(27-11-26-19)28-5-4-14-7-18(23)17(22)8-20(14)28/h2-3,6-11H,4-5H2,1H3. The molecule has 0 saturated heterocycles. The molecule has 7 heteroatoms. The summed E-state index contributed by atoms with van der Waals surface area (Å²) in [6, 6.07) is 9.18. The quantitative estimate of drug-likeness (QED) is 0.487. The lowest BCUT2D eigenvalue weighted by molar-refractivity contribution is 0.627. The highest BCUT2D eigenvalue weighted by molar-refractivity contribution is 6.31. The Morgan fingerprint density at radius 1 is 1.00 bits per heavy atom. The normalized spacial score (nSPS) is 13.2. The lowest BCUT2D eigenvalue weighted by atomic mass is 10.1. The van der Waals surface area contributed by atoms with Gasteiger partial charge >= 0.3 is 0 Å². The molecular formula is C21H15ClFN5. The number of halogens is 2. The summed E-state index contributed by atoms with van der Waals surface area (Å²) in [4.78, 5) is 19.6. The van der Waals surface area contributed by atoms with Gasteiger partial charge in [-0.05, 0) is 48.7 Å².